The van der Waals surface area contributed by atoms with Crippen LogP contribution in [-0.4, -0.2) is 40.3 Å². The number of aromatic nitrogens is 2. The normalized spacial score (nSPS) is 10.6. The van der Waals surface area contributed by atoms with Crippen molar-refractivity contribution in [3.8, 4) is 11.3 Å². The quantitative estimate of drug-likeness (QED) is 0.419. The lowest BCUT2D eigenvalue weighted by Crippen LogP contribution is -2.37. The smallest absolute Gasteiger partial charge is 0.326 e. The van der Waals surface area contributed by atoms with E-state index in [1.54, 1.807) is 25.3 Å². The van der Waals surface area contributed by atoms with Gasteiger partial charge in [-0.15, -0.1) is 0 Å². The van der Waals surface area contributed by atoms with E-state index in [9.17, 15) is 9.59 Å². The minimum Gasteiger partial charge on any atom is -0.465 e. The van der Waals surface area contributed by atoms with Crippen molar-refractivity contribution in [2.24, 2.45) is 7.05 Å². The summed E-state index contributed by atoms with van der Waals surface area (Å²) in [6.07, 6.45) is 1.80. The number of imidazole rings is 1. The van der Waals surface area contributed by atoms with E-state index in [-0.39, 0.29) is 24.8 Å². The molecule has 0 N–H and O–H groups in total. The summed E-state index contributed by atoms with van der Waals surface area (Å²) < 4.78 is 6.99. The van der Waals surface area contributed by atoms with Crippen LogP contribution < -0.4 is 4.90 Å². The predicted molar refractivity (Wildman–Crippen MR) is 115 cm³/mol. The Morgan fingerprint density at radius 3 is 2.38 bits per heavy atom. The van der Waals surface area contributed by atoms with Gasteiger partial charge >= 0.3 is 5.97 Å². The number of hydrogen-bond donors (Lipinski definition) is 0. The first-order valence-electron chi connectivity index (χ1n) is 9.31. The number of ether oxygens (including phenoxy) is 1. The van der Waals surface area contributed by atoms with Gasteiger partial charge in [0, 0.05) is 12.7 Å². The minimum absolute atomic E-state index is 0.118. The highest BCUT2D eigenvalue weighted by atomic mass is 32.2. The van der Waals surface area contributed by atoms with Gasteiger partial charge < -0.3 is 14.2 Å². The van der Waals surface area contributed by atoms with Gasteiger partial charge in [0.1, 0.15) is 6.54 Å². The maximum atomic E-state index is 12.9. The summed E-state index contributed by atoms with van der Waals surface area (Å²) in [7, 11) is 1.93. The second kappa shape index (κ2) is 9.93. The van der Waals surface area contributed by atoms with Crippen molar-refractivity contribution in [2.75, 3.05) is 23.8 Å². The molecule has 1 heterocycles. The van der Waals surface area contributed by atoms with Crippen LogP contribution in [0.4, 0.5) is 5.69 Å². The molecule has 29 heavy (non-hydrogen) atoms. The maximum Gasteiger partial charge on any atom is 0.326 e. The zero-order valence-corrected chi connectivity index (χ0v) is 17.3. The Bertz CT molecular complexity index is 958. The van der Waals surface area contributed by atoms with Crippen LogP contribution in [-0.2, 0) is 21.4 Å². The summed E-state index contributed by atoms with van der Waals surface area (Å²) in [6.45, 7) is 1.90. The fourth-order valence-electron chi connectivity index (χ4n) is 2.88. The van der Waals surface area contributed by atoms with Gasteiger partial charge in [0.2, 0.25) is 5.91 Å². The van der Waals surface area contributed by atoms with Crippen LogP contribution >= 0.6 is 11.8 Å². The Kier molecular flexibility index (Phi) is 7.08. The molecule has 0 atom stereocenters. The van der Waals surface area contributed by atoms with Crippen molar-refractivity contribution in [2.45, 2.75) is 12.1 Å². The van der Waals surface area contributed by atoms with E-state index in [4.69, 9.17) is 4.74 Å². The highest BCUT2D eigenvalue weighted by molar-refractivity contribution is 7.99. The number of rotatable bonds is 8. The number of amides is 1. The number of esters is 1. The van der Waals surface area contributed by atoms with Crippen LogP contribution in [0.25, 0.3) is 11.3 Å². The van der Waals surface area contributed by atoms with E-state index in [0.717, 1.165) is 16.4 Å². The molecule has 0 saturated carbocycles. The number of carbonyl (C=O) groups is 2. The summed E-state index contributed by atoms with van der Waals surface area (Å²) >= 11 is 1.34. The van der Waals surface area contributed by atoms with Crippen molar-refractivity contribution in [3.05, 3.63) is 66.9 Å². The van der Waals surface area contributed by atoms with E-state index < -0.39 is 5.97 Å². The van der Waals surface area contributed by atoms with Crippen molar-refractivity contribution < 1.29 is 14.3 Å². The van der Waals surface area contributed by atoms with Gasteiger partial charge in [0.25, 0.3) is 0 Å². The molecule has 3 aromatic rings. The molecule has 0 aliphatic carbocycles. The first kappa shape index (κ1) is 20.7. The van der Waals surface area contributed by atoms with E-state index >= 15 is 0 Å². The average molecular weight is 410 g/mol. The molecule has 0 bridgehead atoms. The molecule has 0 aliphatic rings. The fourth-order valence-corrected chi connectivity index (χ4v) is 3.70. The van der Waals surface area contributed by atoms with Gasteiger partial charge in [0.05, 0.1) is 24.3 Å². The molecule has 1 aromatic heterocycles. The fraction of sp³-hybridized carbons (Fsp3) is 0.227. The maximum absolute atomic E-state index is 12.9. The van der Waals surface area contributed by atoms with Crippen LogP contribution in [0, 0.1) is 0 Å². The van der Waals surface area contributed by atoms with Gasteiger partial charge in [-0.25, -0.2) is 4.98 Å². The van der Waals surface area contributed by atoms with Gasteiger partial charge in [-0.1, -0.05) is 60.3 Å². The van der Waals surface area contributed by atoms with Gasteiger partial charge in [-0.3, -0.25) is 9.59 Å². The van der Waals surface area contributed by atoms with Crippen LogP contribution in [0.15, 0.2) is 72.0 Å². The van der Waals surface area contributed by atoms with E-state index in [2.05, 4.69) is 4.98 Å². The second-order valence-electron chi connectivity index (χ2n) is 6.26. The molecule has 3 rings (SSSR count). The molecule has 1 amide bonds. The third kappa shape index (κ3) is 5.26. The molecule has 0 radical (unpaired) electrons. The van der Waals surface area contributed by atoms with E-state index in [1.807, 2.05) is 60.1 Å². The zero-order valence-electron chi connectivity index (χ0n) is 16.4. The number of para-hydroxylation sites is 1. The Morgan fingerprint density at radius 1 is 1.07 bits per heavy atom. The average Bonchev–Trinajstić information content (AvgIpc) is 3.12. The SMILES string of the molecule is CCOC(=O)CN(C(=O)CSc1ncc(-c2ccccc2)n1C)c1ccccc1. The molecule has 2 aromatic carbocycles. The van der Waals surface area contributed by atoms with Gasteiger partial charge in [-0.05, 0) is 24.6 Å². The number of anilines is 1. The third-order valence-corrected chi connectivity index (χ3v) is 5.33. The predicted octanol–water partition coefficient (Wildman–Crippen LogP) is 3.78. The summed E-state index contributed by atoms with van der Waals surface area (Å²) in [6, 6.07) is 19.1. The summed E-state index contributed by atoms with van der Waals surface area (Å²) in [5.74, 6) is -0.454. The van der Waals surface area contributed by atoms with Crippen LogP contribution in [0.2, 0.25) is 0 Å². The molecule has 0 unspecified atom stereocenters. The van der Waals surface area contributed by atoms with Crippen molar-refractivity contribution >= 4 is 29.3 Å². The third-order valence-electron chi connectivity index (χ3n) is 4.30. The van der Waals surface area contributed by atoms with Crippen LogP contribution in [0.5, 0.6) is 0 Å². The standard InChI is InChI=1S/C22H23N3O3S/c1-3-28-21(27)15-25(18-12-8-5-9-13-18)20(26)16-29-22-23-14-19(24(22)2)17-10-6-4-7-11-17/h4-14H,3,15-16H2,1-2H3. The molecule has 6 nitrogen and oxygen atoms in total. The Morgan fingerprint density at radius 2 is 1.72 bits per heavy atom. The zero-order chi connectivity index (χ0) is 20.6. The molecule has 0 aliphatic heterocycles. The molecule has 7 heteroatoms. The lowest BCUT2D eigenvalue weighted by molar-refractivity contribution is -0.142. The van der Waals surface area contributed by atoms with Crippen LogP contribution in [0.3, 0.4) is 0 Å². The number of benzene rings is 2. The first-order valence-corrected chi connectivity index (χ1v) is 10.3. The highest BCUT2D eigenvalue weighted by Gasteiger charge is 2.21. The van der Waals surface area contributed by atoms with Crippen molar-refractivity contribution in [3.63, 3.8) is 0 Å². The topological polar surface area (TPSA) is 64.4 Å². The summed E-state index contributed by atoms with van der Waals surface area (Å²) in [4.78, 5) is 30.8. The Balaban J connectivity index is 1.72. The second-order valence-corrected chi connectivity index (χ2v) is 7.20. The molecule has 150 valence electrons. The summed E-state index contributed by atoms with van der Waals surface area (Å²) in [5, 5.41) is 0.737. The highest BCUT2D eigenvalue weighted by Crippen LogP contribution is 2.25. The molecule has 0 fully saturated rings. The Labute approximate surface area is 174 Å². The molecular formula is C22H23N3O3S. The molecular weight excluding hydrogens is 386 g/mol. The van der Waals surface area contributed by atoms with Crippen LogP contribution in [0.1, 0.15) is 6.92 Å². The van der Waals surface area contributed by atoms with Crippen molar-refractivity contribution in [1.29, 1.82) is 0 Å². The molecule has 0 spiro atoms. The lowest BCUT2D eigenvalue weighted by Gasteiger charge is -2.21. The number of nitrogens with zero attached hydrogens (tertiary/aromatic N) is 3. The first-order chi connectivity index (χ1) is 14.1. The van der Waals surface area contributed by atoms with E-state index in [0.29, 0.717) is 5.69 Å². The summed E-state index contributed by atoms with van der Waals surface area (Å²) in [5.41, 5.74) is 2.71. The molecule has 0 saturated heterocycles. The van der Waals surface area contributed by atoms with Gasteiger partial charge in [-0.2, -0.15) is 0 Å². The van der Waals surface area contributed by atoms with Crippen molar-refractivity contribution in [1.82, 2.24) is 9.55 Å². The van der Waals surface area contributed by atoms with E-state index in [1.165, 1.54) is 16.7 Å². The lowest BCUT2D eigenvalue weighted by atomic mass is 10.2. The number of hydrogen-bond acceptors (Lipinski definition) is 5. The van der Waals surface area contributed by atoms with Gasteiger partial charge in [0.15, 0.2) is 5.16 Å². The minimum atomic E-state index is -0.432. The monoisotopic (exact) mass is 409 g/mol. The Hall–Kier alpha value is -3.06. The number of carbonyl (C=O) groups excluding carboxylic acids is 2. The largest absolute Gasteiger partial charge is 0.465 e. The number of thioether (sulfide) groups is 1.